The van der Waals surface area contributed by atoms with Gasteiger partial charge >= 0.3 is 0 Å². The van der Waals surface area contributed by atoms with Crippen molar-refractivity contribution in [2.24, 2.45) is 0 Å². The third-order valence-corrected chi connectivity index (χ3v) is 10.5. The molecule has 0 saturated carbocycles. The zero-order chi connectivity index (χ0) is 21.9. The van der Waals surface area contributed by atoms with Crippen molar-refractivity contribution in [1.29, 1.82) is 0 Å². The monoisotopic (exact) mass is 422 g/mol. The van der Waals surface area contributed by atoms with Crippen LogP contribution in [-0.2, 0) is 4.43 Å². The molecule has 0 spiro atoms. The van der Waals surface area contributed by atoms with Crippen molar-refractivity contribution in [3.63, 3.8) is 0 Å². The summed E-state index contributed by atoms with van der Waals surface area (Å²) in [7, 11) is -2.69. The number of rotatable bonds is 10. The summed E-state index contributed by atoms with van der Waals surface area (Å²) in [5.41, 5.74) is 0. The number of unbranched alkanes of at least 4 members (excludes halogenated alkanes) is 4. The Morgan fingerprint density at radius 3 is 1.80 bits per heavy atom. The number of aliphatic hydroxyl groups excluding tert-OH is 1. The van der Waals surface area contributed by atoms with E-state index in [9.17, 15) is 5.11 Å². The molecule has 1 unspecified atom stereocenters. The molecule has 0 saturated heterocycles. The Morgan fingerprint density at radius 2 is 1.33 bits per heavy atom. The van der Waals surface area contributed by atoms with Gasteiger partial charge in [-0.05, 0) is 34.7 Å². The summed E-state index contributed by atoms with van der Waals surface area (Å²) in [6.45, 7) is 8.90. The van der Waals surface area contributed by atoms with Crippen molar-refractivity contribution < 1.29 is 9.53 Å². The molecule has 2 aromatic carbocycles. The Bertz CT molecular complexity index is 745. The first-order valence-corrected chi connectivity index (χ1v) is 13.3. The average molecular weight is 423 g/mol. The Labute approximate surface area is 184 Å². The molecule has 30 heavy (non-hydrogen) atoms. The summed E-state index contributed by atoms with van der Waals surface area (Å²) in [5, 5.41) is 13.2. The van der Waals surface area contributed by atoms with Crippen molar-refractivity contribution in [2.45, 2.75) is 84.0 Å². The largest absolute Gasteiger partial charge is 0.383 e. The number of benzene rings is 2. The van der Waals surface area contributed by atoms with E-state index < -0.39 is 14.6 Å². The molecule has 1 N–H and O–H groups in total. The van der Waals surface area contributed by atoms with Gasteiger partial charge < -0.3 is 9.53 Å². The van der Waals surface area contributed by atoms with Gasteiger partial charge in [0.1, 0.15) is 6.29 Å². The van der Waals surface area contributed by atoms with Crippen LogP contribution in [0.4, 0.5) is 0 Å². The van der Waals surface area contributed by atoms with Gasteiger partial charge in [-0.3, -0.25) is 0 Å². The van der Waals surface area contributed by atoms with Crippen LogP contribution in [-0.4, -0.2) is 19.7 Å². The van der Waals surface area contributed by atoms with Crippen molar-refractivity contribution in [3.05, 3.63) is 60.7 Å². The lowest BCUT2D eigenvalue weighted by atomic mass is 10.2. The molecule has 0 aliphatic heterocycles. The van der Waals surface area contributed by atoms with Crippen LogP contribution in [0, 0.1) is 11.8 Å². The molecular weight excluding hydrogens is 384 g/mol. The maximum Gasteiger partial charge on any atom is 0.264 e. The van der Waals surface area contributed by atoms with E-state index in [1.165, 1.54) is 29.6 Å². The maximum atomic E-state index is 10.9. The quantitative estimate of drug-likeness (QED) is 0.232. The highest BCUT2D eigenvalue weighted by atomic mass is 28.4. The lowest BCUT2D eigenvalue weighted by Gasteiger charge is -2.44. The van der Waals surface area contributed by atoms with Gasteiger partial charge in [0.25, 0.3) is 8.32 Å². The van der Waals surface area contributed by atoms with Gasteiger partial charge in [0.2, 0.25) is 0 Å². The molecule has 0 bridgehead atoms. The van der Waals surface area contributed by atoms with Gasteiger partial charge in [0.15, 0.2) is 0 Å². The SMILES string of the molecule is CCCCCC#CCCCC(O)O[Si](c1ccccc1)(c1ccccc1)C(C)(C)C. The maximum absolute atomic E-state index is 10.9. The molecule has 0 amide bonds. The summed E-state index contributed by atoms with van der Waals surface area (Å²) >= 11 is 0. The molecule has 0 fully saturated rings. The Hall–Kier alpha value is -1.86. The summed E-state index contributed by atoms with van der Waals surface area (Å²) in [6.07, 6.45) is 6.12. The topological polar surface area (TPSA) is 29.5 Å². The number of hydrogen-bond acceptors (Lipinski definition) is 2. The Balaban J connectivity index is 2.16. The average Bonchev–Trinajstić information content (AvgIpc) is 2.74. The van der Waals surface area contributed by atoms with Crippen molar-refractivity contribution in [3.8, 4) is 11.8 Å². The van der Waals surface area contributed by atoms with Crippen LogP contribution in [0.15, 0.2) is 60.7 Å². The van der Waals surface area contributed by atoms with Gasteiger partial charge in [-0.15, -0.1) is 11.8 Å². The molecule has 0 heterocycles. The van der Waals surface area contributed by atoms with E-state index in [0.717, 1.165) is 19.3 Å². The second-order valence-corrected chi connectivity index (χ2v) is 13.2. The van der Waals surface area contributed by atoms with Gasteiger partial charge in [0, 0.05) is 12.8 Å². The van der Waals surface area contributed by atoms with Gasteiger partial charge in [-0.1, -0.05) is 101 Å². The standard InChI is InChI=1S/C27H38O2Si/c1-5-6-7-8-9-10-11-18-23-26(28)29-30(27(2,3)4,24-19-14-12-15-20-24)25-21-16-13-17-22-25/h12-17,19-22,26,28H,5-8,11,18,23H2,1-4H3. The van der Waals surface area contributed by atoms with Crippen molar-refractivity contribution in [1.82, 2.24) is 0 Å². The van der Waals surface area contributed by atoms with Gasteiger partial charge in [-0.25, -0.2) is 0 Å². The predicted molar refractivity (Wildman–Crippen MR) is 130 cm³/mol. The van der Waals surface area contributed by atoms with Crippen LogP contribution in [0.2, 0.25) is 5.04 Å². The molecule has 0 aromatic heterocycles. The van der Waals surface area contributed by atoms with Crippen molar-refractivity contribution >= 4 is 18.7 Å². The smallest absolute Gasteiger partial charge is 0.264 e. The summed E-state index contributed by atoms with van der Waals surface area (Å²) in [4.78, 5) is 0. The molecule has 1 atom stereocenters. The van der Waals surface area contributed by atoms with E-state index in [1.807, 2.05) is 12.1 Å². The highest BCUT2D eigenvalue weighted by molar-refractivity contribution is 6.99. The highest BCUT2D eigenvalue weighted by Crippen LogP contribution is 2.37. The van der Waals surface area contributed by atoms with Crippen LogP contribution in [0.3, 0.4) is 0 Å². The molecule has 0 aliphatic rings. The number of hydrogen-bond donors (Lipinski definition) is 1. The second-order valence-electron chi connectivity index (χ2n) is 8.94. The fourth-order valence-corrected chi connectivity index (χ4v) is 8.50. The van der Waals surface area contributed by atoms with E-state index in [4.69, 9.17) is 4.43 Å². The third kappa shape index (κ3) is 6.57. The fourth-order valence-electron chi connectivity index (χ4n) is 3.96. The summed E-state index contributed by atoms with van der Waals surface area (Å²) < 4.78 is 6.68. The van der Waals surface area contributed by atoms with Gasteiger partial charge in [0.05, 0.1) is 0 Å². The van der Waals surface area contributed by atoms with Crippen LogP contribution in [0.1, 0.15) is 72.6 Å². The normalized spacial score (nSPS) is 12.8. The molecular formula is C27H38O2Si. The number of aliphatic hydroxyl groups is 1. The first kappa shape index (κ1) is 24.4. The molecule has 0 aliphatic carbocycles. The van der Waals surface area contributed by atoms with Gasteiger partial charge in [-0.2, -0.15) is 0 Å². The molecule has 162 valence electrons. The predicted octanol–water partition coefficient (Wildman–Crippen LogP) is 5.64. The van der Waals surface area contributed by atoms with E-state index >= 15 is 0 Å². The second kappa shape index (κ2) is 12.1. The Morgan fingerprint density at radius 1 is 0.833 bits per heavy atom. The molecule has 3 heteroatoms. The van der Waals surface area contributed by atoms with Crippen LogP contribution < -0.4 is 10.4 Å². The molecule has 0 radical (unpaired) electrons. The van der Waals surface area contributed by atoms with E-state index in [2.05, 4.69) is 88.1 Å². The molecule has 2 aromatic rings. The third-order valence-electron chi connectivity index (χ3n) is 5.51. The fraction of sp³-hybridized carbons (Fsp3) is 0.481. The van der Waals surface area contributed by atoms with E-state index in [1.54, 1.807) is 0 Å². The van der Waals surface area contributed by atoms with Crippen molar-refractivity contribution in [2.75, 3.05) is 0 Å². The minimum atomic E-state index is -2.69. The zero-order valence-electron chi connectivity index (χ0n) is 19.2. The minimum absolute atomic E-state index is 0.129. The van der Waals surface area contributed by atoms with E-state index in [0.29, 0.717) is 6.42 Å². The van der Waals surface area contributed by atoms with Crippen LogP contribution >= 0.6 is 0 Å². The zero-order valence-corrected chi connectivity index (χ0v) is 20.2. The lowest BCUT2D eigenvalue weighted by molar-refractivity contribution is -0.0318. The summed E-state index contributed by atoms with van der Waals surface area (Å²) in [6, 6.07) is 20.9. The molecule has 2 rings (SSSR count). The lowest BCUT2D eigenvalue weighted by Crippen LogP contribution is -2.67. The first-order chi connectivity index (χ1) is 14.4. The van der Waals surface area contributed by atoms with E-state index in [-0.39, 0.29) is 5.04 Å². The molecule has 2 nitrogen and oxygen atoms in total. The Kier molecular flexibility index (Phi) is 9.85. The first-order valence-electron chi connectivity index (χ1n) is 11.3. The minimum Gasteiger partial charge on any atom is -0.383 e. The highest BCUT2D eigenvalue weighted by Gasteiger charge is 2.51. The summed E-state index contributed by atoms with van der Waals surface area (Å²) in [5.74, 6) is 6.51. The van der Waals surface area contributed by atoms with Crippen LogP contribution in [0.25, 0.3) is 0 Å². The van der Waals surface area contributed by atoms with Crippen LogP contribution in [0.5, 0.6) is 0 Å².